The molecule has 1 rings (SSSR count). The van der Waals surface area contributed by atoms with Gasteiger partial charge in [-0.15, -0.1) is 0 Å². The maximum Gasteiger partial charge on any atom is 0.141 e. The topological polar surface area (TPSA) is 45.1 Å². The molecule has 3 nitrogen and oxygen atoms in total. The van der Waals surface area contributed by atoms with Gasteiger partial charge in [0.25, 0.3) is 0 Å². The molecule has 0 spiro atoms. The fourth-order valence-electron chi connectivity index (χ4n) is 1.67. The van der Waals surface area contributed by atoms with E-state index in [1.54, 1.807) is 6.20 Å². The first-order chi connectivity index (χ1) is 7.63. The van der Waals surface area contributed by atoms with Gasteiger partial charge in [-0.25, -0.2) is 4.39 Å². The highest BCUT2D eigenvalue weighted by Gasteiger charge is 2.10. The zero-order chi connectivity index (χ0) is 12.0. The number of aliphatic hydroxyl groups excluding tert-OH is 1. The van der Waals surface area contributed by atoms with Crippen molar-refractivity contribution in [3.8, 4) is 0 Å². The van der Waals surface area contributed by atoms with Gasteiger partial charge in [0, 0.05) is 24.9 Å². The SMILES string of the molecule is CC(CCCO)NC(C)c1cncc(F)c1. The average molecular weight is 226 g/mol. The lowest BCUT2D eigenvalue weighted by Gasteiger charge is -2.19. The number of aromatic nitrogens is 1. The lowest BCUT2D eigenvalue weighted by Crippen LogP contribution is -2.29. The third-order valence-corrected chi connectivity index (χ3v) is 2.56. The molecular formula is C12H19FN2O. The van der Waals surface area contributed by atoms with Gasteiger partial charge in [0.15, 0.2) is 0 Å². The van der Waals surface area contributed by atoms with E-state index in [-0.39, 0.29) is 18.5 Å². The lowest BCUT2D eigenvalue weighted by molar-refractivity contribution is 0.274. The summed E-state index contributed by atoms with van der Waals surface area (Å²) in [7, 11) is 0. The number of hydrogen-bond acceptors (Lipinski definition) is 3. The van der Waals surface area contributed by atoms with Gasteiger partial charge < -0.3 is 10.4 Å². The standard InChI is InChI=1S/C12H19FN2O/c1-9(4-3-5-16)15-10(2)11-6-12(13)8-14-7-11/h6-10,15-16H,3-5H2,1-2H3. The van der Waals surface area contributed by atoms with Crippen molar-refractivity contribution in [1.82, 2.24) is 10.3 Å². The Morgan fingerprint density at radius 3 is 2.81 bits per heavy atom. The van der Waals surface area contributed by atoms with Crippen LogP contribution in [0.25, 0.3) is 0 Å². The minimum atomic E-state index is -0.311. The van der Waals surface area contributed by atoms with Crippen LogP contribution in [-0.2, 0) is 0 Å². The normalized spacial score (nSPS) is 14.8. The largest absolute Gasteiger partial charge is 0.396 e. The fourth-order valence-corrected chi connectivity index (χ4v) is 1.67. The highest BCUT2D eigenvalue weighted by atomic mass is 19.1. The van der Waals surface area contributed by atoms with Crippen LogP contribution in [0.15, 0.2) is 18.5 Å². The Morgan fingerprint density at radius 2 is 2.19 bits per heavy atom. The maximum atomic E-state index is 12.9. The zero-order valence-electron chi connectivity index (χ0n) is 9.78. The number of aliphatic hydroxyl groups is 1. The molecule has 1 aromatic heterocycles. The van der Waals surface area contributed by atoms with Crippen LogP contribution in [0.5, 0.6) is 0 Å². The van der Waals surface area contributed by atoms with Crippen molar-refractivity contribution in [2.45, 2.75) is 38.8 Å². The first-order valence-electron chi connectivity index (χ1n) is 5.61. The lowest BCUT2D eigenvalue weighted by atomic mass is 10.1. The Labute approximate surface area is 95.7 Å². The summed E-state index contributed by atoms with van der Waals surface area (Å²) >= 11 is 0. The van der Waals surface area contributed by atoms with E-state index < -0.39 is 0 Å². The molecule has 4 heteroatoms. The van der Waals surface area contributed by atoms with E-state index >= 15 is 0 Å². The number of hydrogen-bond donors (Lipinski definition) is 2. The number of nitrogens with one attached hydrogen (secondary N) is 1. The van der Waals surface area contributed by atoms with Crippen molar-refractivity contribution in [1.29, 1.82) is 0 Å². The van der Waals surface area contributed by atoms with E-state index in [4.69, 9.17) is 5.11 Å². The van der Waals surface area contributed by atoms with Crippen LogP contribution in [0.1, 0.15) is 38.3 Å². The predicted octanol–water partition coefficient (Wildman–Crippen LogP) is 2.03. The number of halogens is 1. The summed E-state index contributed by atoms with van der Waals surface area (Å²) in [6, 6.07) is 1.85. The first kappa shape index (κ1) is 13.1. The summed E-state index contributed by atoms with van der Waals surface area (Å²) in [5.41, 5.74) is 0.843. The molecule has 0 aliphatic rings. The Balaban J connectivity index is 2.48. The first-order valence-corrected chi connectivity index (χ1v) is 5.61. The van der Waals surface area contributed by atoms with E-state index in [1.807, 2.05) is 6.92 Å². The van der Waals surface area contributed by atoms with E-state index in [2.05, 4.69) is 17.2 Å². The molecule has 1 heterocycles. The van der Waals surface area contributed by atoms with Crippen LogP contribution in [0.2, 0.25) is 0 Å². The molecule has 0 aromatic carbocycles. The van der Waals surface area contributed by atoms with Gasteiger partial charge >= 0.3 is 0 Å². The number of pyridine rings is 1. The summed E-state index contributed by atoms with van der Waals surface area (Å²) < 4.78 is 12.9. The van der Waals surface area contributed by atoms with Gasteiger partial charge in [-0.1, -0.05) is 0 Å². The Hall–Kier alpha value is -1.00. The summed E-state index contributed by atoms with van der Waals surface area (Å²) in [6.07, 6.45) is 4.55. The van der Waals surface area contributed by atoms with E-state index in [0.29, 0.717) is 6.04 Å². The Bertz CT molecular complexity index is 320. The van der Waals surface area contributed by atoms with Gasteiger partial charge in [0.1, 0.15) is 5.82 Å². The maximum absolute atomic E-state index is 12.9. The highest BCUT2D eigenvalue weighted by molar-refractivity contribution is 5.14. The van der Waals surface area contributed by atoms with E-state index in [0.717, 1.165) is 18.4 Å². The second-order valence-electron chi connectivity index (χ2n) is 4.09. The highest BCUT2D eigenvalue weighted by Crippen LogP contribution is 2.13. The zero-order valence-corrected chi connectivity index (χ0v) is 9.78. The van der Waals surface area contributed by atoms with Crippen molar-refractivity contribution in [3.05, 3.63) is 29.8 Å². The molecule has 0 saturated carbocycles. The quantitative estimate of drug-likeness (QED) is 0.780. The van der Waals surface area contributed by atoms with E-state index in [1.165, 1.54) is 12.3 Å². The second-order valence-corrected chi connectivity index (χ2v) is 4.09. The van der Waals surface area contributed by atoms with Crippen LogP contribution in [0, 0.1) is 5.82 Å². The van der Waals surface area contributed by atoms with Crippen LogP contribution >= 0.6 is 0 Å². The summed E-state index contributed by atoms with van der Waals surface area (Å²) in [5, 5.41) is 12.1. The second kappa shape index (κ2) is 6.55. The van der Waals surface area contributed by atoms with Crippen LogP contribution in [0.3, 0.4) is 0 Å². The molecule has 0 amide bonds. The van der Waals surface area contributed by atoms with Crippen molar-refractivity contribution in [3.63, 3.8) is 0 Å². The number of nitrogens with zero attached hydrogens (tertiary/aromatic N) is 1. The van der Waals surface area contributed by atoms with Crippen molar-refractivity contribution in [2.24, 2.45) is 0 Å². The minimum absolute atomic E-state index is 0.0666. The van der Waals surface area contributed by atoms with Crippen molar-refractivity contribution < 1.29 is 9.50 Å². The third kappa shape index (κ3) is 4.24. The van der Waals surface area contributed by atoms with Crippen molar-refractivity contribution >= 4 is 0 Å². The molecule has 0 saturated heterocycles. The molecule has 0 aliphatic heterocycles. The minimum Gasteiger partial charge on any atom is -0.396 e. The molecule has 1 aromatic rings. The van der Waals surface area contributed by atoms with Crippen LogP contribution in [0.4, 0.5) is 4.39 Å². The van der Waals surface area contributed by atoms with Crippen LogP contribution in [-0.4, -0.2) is 22.7 Å². The fraction of sp³-hybridized carbons (Fsp3) is 0.583. The van der Waals surface area contributed by atoms with Gasteiger partial charge in [-0.3, -0.25) is 4.98 Å². The van der Waals surface area contributed by atoms with Crippen molar-refractivity contribution in [2.75, 3.05) is 6.61 Å². The third-order valence-electron chi connectivity index (χ3n) is 2.56. The molecule has 0 radical (unpaired) electrons. The summed E-state index contributed by atoms with van der Waals surface area (Å²) in [6.45, 7) is 4.24. The molecular weight excluding hydrogens is 207 g/mol. The Morgan fingerprint density at radius 1 is 1.44 bits per heavy atom. The molecule has 90 valence electrons. The summed E-state index contributed by atoms with van der Waals surface area (Å²) in [4.78, 5) is 3.82. The molecule has 0 bridgehead atoms. The van der Waals surface area contributed by atoms with Gasteiger partial charge in [0.2, 0.25) is 0 Å². The van der Waals surface area contributed by atoms with Crippen LogP contribution < -0.4 is 5.32 Å². The Kier molecular flexibility index (Phi) is 5.35. The predicted molar refractivity (Wildman–Crippen MR) is 61.5 cm³/mol. The van der Waals surface area contributed by atoms with Gasteiger partial charge in [0.05, 0.1) is 6.20 Å². The summed E-state index contributed by atoms with van der Waals surface area (Å²) in [5.74, 6) is -0.311. The van der Waals surface area contributed by atoms with Gasteiger partial charge in [-0.05, 0) is 38.3 Å². The molecule has 2 unspecified atom stereocenters. The monoisotopic (exact) mass is 226 g/mol. The van der Waals surface area contributed by atoms with Gasteiger partial charge in [-0.2, -0.15) is 0 Å². The number of rotatable bonds is 6. The average Bonchev–Trinajstić information content (AvgIpc) is 2.26. The molecule has 2 atom stereocenters. The molecule has 2 N–H and O–H groups in total. The molecule has 0 aliphatic carbocycles. The smallest absolute Gasteiger partial charge is 0.141 e. The molecule has 0 fully saturated rings. The van der Waals surface area contributed by atoms with E-state index in [9.17, 15) is 4.39 Å². The molecule has 16 heavy (non-hydrogen) atoms.